The highest BCUT2D eigenvalue weighted by molar-refractivity contribution is 6.06. The zero-order valence-corrected chi connectivity index (χ0v) is 19.6. The molecule has 182 valence electrons. The van der Waals surface area contributed by atoms with Crippen LogP contribution in [0.5, 0.6) is 17.2 Å². The Morgan fingerprint density at radius 1 is 0.833 bits per heavy atom. The molecule has 4 aromatic carbocycles. The van der Waals surface area contributed by atoms with Crippen LogP contribution >= 0.6 is 0 Å². The van der Waals surface area contributed by atoms with Crippen molar-refractivity contribution in [2.45, 2.75) is 13.2 Å². The number of carbonyl (C=O) groups is 1. The van der Waals surface area contributed by atoms with Gasteiger partial charge in [0.05, 0.1) is 7.11 Å². The summed E-state index contributed by atoms with van der Waals surface area (Å²) in [6, 6.07) is 29.1. The highest BCUT2D eigenvalue weighted by atomic mass is 19.3. The summed E-state index contributed by atoms with van der Waals surface area (Å²) < 4.78 is 40.3. The molecule has 0 saturated carbocycles. The van der Waals surface area contributed by atoms with Gasteiger partial charge in [0, 0.05) is 11.1 Å². The molecule has 0 aliphatic heterocycles. The van der Waals surface area contributed by atoms with Crippen LogP contribution in [0.3, 0.4) is 0 Å². The number of halogens is 2. The van der Waals surface area contributed by atoms with Crippen LogP contribution in [0, 0.1) is 0 Å². The Kier molecular flexibility index (Phi) is 8.08. The third-order valence-corrected chi connectivity index (χ3v) is 5.45. The first-order valence-electron chi connectivity index (χ1n) is 11.2. The summed E-state index contributed by atoms with van der Waals surface area (Å²) in [5.41, 5.74) is 4.22. The molecule has 0 aromatic heterocycles. The second-order valence-electron chi connectivity index (χ2n) is 7.85. The van der Waals surface area contributed by atoms with Crippen molar-refractivity contribution in [2.24, 2.45) is 0 Å². The smallest absolute Gasteiger partial charge is 0.387 e. The minimum absolute atomic E-state index is 0.0000291. The molecule has 0 aliphatic rings. The van der Waals surface area contributed by atoms with Gasteiger partial charge in [-0.2, -0.15) is 8.78 Å². The average Bonchev–Trinajstić information content (AvgIpc) is 2.91. The number of carbonyl (C=O) groups excluding carboxylic acids is 1. The quantitative estimate of drug-likeness (QED) is 0.173. The highest BCUT2D eigenvalue weighted by Crippen LogP contribution is 2.25. The second-order valence-corrected chi connectivity index (χ2v) is 7.85. The first-order valence-corrected chi connectivity index (χ1v) is 11.2. The minimum Gasteiger partial charge on any atom is -0.496 e. The number of alkyl halides is 2. The van der Waals surface area contributed by atoms with E-state index in [1.165, 1.54) is 30.3 Å². The van der Waals surface area contributed by atoms with Crippen LogP contribution in [0.2, 0.25) is 0 Å². The Bertz CT molecular complexity index is 1320. The van der Waals surface area contributed by atoms with Crippen LogP contribution in [0.15, 0.2) is 103 Å². The van der Waals surface area contributed by atoms with Gasteiger partial charge in [-0.1, -0.05) is 54.6 Å². The minimum atomic E-state index is -2.91. The molecule has 0 radical (unpaired) electrons. The Labute approximate surface area is 208 Å². The number of ketones is 1. The Hall–Kier alpha value is -4.45. The molecule has 6 heteroatoms. The largest absolute Gasteiger partial charge is 0.496 e. The van der Waals surface area contributed by atoms with E-state index in [0.29, 0.717) is 11.3 Å². The molecule has 0 heterocycles. The monoisotopic (exact) mass is 486 g/mol. The molecule has 0 amide bonds. The molecule has 0 unspecified atom stereocenters. The van der Waals surface area contributed by atoms with Crippen molar-refractivity contribution in [2.75, 3.05) is 7.11 Å². The van der Waals surface area contributed by atoms with Crippen LogP contribution in [-0.4, -0.2) is 19.5 Å². The highest BCUT2D eigenvalue weighted by Gasteiger charge is 2.08. The number of hydrogen-bond donors (Lipinski definition) is 0. The predicted molar refractivity (Wildman–Crippen MR) is 136 cm³/mol. The number of benzene rings is 4. The molecule has 0 bridgehead atoms. The number of allylic oxidation sites excluding steroid dienone is 1. The van der Waals surface area contributed by atoms with Gasteiger partial charge in [-0.15, -0.1) is 0 Å². The zero-order valence-electron chi connectivity index (χ0n) is 19.6. The molecular weight excluding hydrogens is 462 g/mol. The lowest BCUT2D eigenvalue weighted by atomic mass is 10.1. The third-order valence-electron chi connectivity index (χ3n) is 5.45. The van der Waals surface area contributed by atoms with Gasteiger partial charge < -0.3 is 14.2 Å². The lowest BCUT2D eigenvalue weighted by Crippen LogP contribution is -2.02. The molecular formula is C30H24F2O4. The zero-order chi connectivity index (χ0) is 25.3. The van der Waals surface area contributed by atoms with Gasteiger partial charge in [0.1, 0.15) is 23.9 Å². The lowest BCUT2D eigenvalue weighted by Gasteiger charge is -2.12. The van der Waals surface area contributed by atoms with Crippen LogP contribution in [-0.2, 0) is 6.61 Å². The number of hydrogen-bond acceptors (Lipinski definition) is 4. The molecule has 0 atom stereocenters. The normalized spacial score (nSPS) is 11.0. The summed E-state index contributed by atoms with van der Waals surface area (Å²) in [7, 11) is 1.59. The molecule has 0 aliphatic carbocycles. The molecule has 4 rings (SSSR count). The van der Waals surface area contributed by atoms with Gasteiger partial charge in [0.2, 0.25) is 0 Å². The van der Waals surface area contributed by atoms with Gasteiger partial charge in [-0.25, -0.2) is 0 Å². The maximum atomic E-state index is 12.5. The van der Waals surface area contributed by atoms with E-state index in [1.807, 2.05) is 60.7 Å². The summed E-state index contributed by atoms with van der Waals surface area (Å²) in [5.74, 6) is 1.15. The standard InChI is InChI=1S/C30H24F2O4/c1-34-29-18-8-21(7-17-28(33)24-11-15-27(16-12-24)36-30(31)32)19-25(29)20-35-26-13-9-23(10-14-26)22-5-3-2-4-6-22/h2-19,30H,20H2,1H3/b17-7+. The third kappa shape index (κ3) is 6.57. The van der Waals surface area contributed by atoms with E-state index in [4.69, 9.17) is 9.47 Å². The lowest BCUT2D eigenvalue weighted by molar-refractivity contribution is -0.0498. The maximum absolute atomic E-state index is 12.5. The topological polar surface area (TPSA) is 44.8 Å². The van der Waals surface area contributed by atoms with E-state index in [2.05, 4.69) is 16.9 Å². The van der Waals surface area contributed by atoms with Crippen molar-refractivity contribution in [3.05, 3.63) is 120 Å². The molecule has 0 spiro atoms. The van der Waals surface area contributed by atoms with E-state index in [1.54, 1.807) is 13.2 Å². The molecule has 0 N–H and O–H groups in total. The SMILES string of the molecule is COc1ccc(/C=C/C(=O)c2ccc(OC(F)F)cc2)cc1COc1ccc(-c2ccccc2)cc1. The first-order chi connectivity index (χ1) is 17.5. The number of rotatable bonds is 10. The van der Waals surface area contributed by atoms with Crippen LogP contribution in [0.1, 0.15) is 21.5 Å². The van der Waals surface area contributed by atoms with Crippen LogP contribution in [0.25, 0.3) is 17.2 Å². The summed E-state index contributed by atoms with van der Waals surface area (Å²) in [6.45, 7) is -2.62. The Morgan fingerprint density at radius 3 is 2.17 bits per heavy atom. The van der Waals surface area contributed by atoms with Gasteiger partial charge in [0.15, 0.2) is 5.78 Å². The van der Waals surface area contributed by atoms with E-state index in [9.17, 15) is 13.6 Å². The number of ether oxygens (including phenoxy) is 3. The van der Waals surface area contributed by atoms with Crippen molar-refractivity contribution < 1.29 is 27.8 Å². The van der Waals surface area contributed by atoms with Gasteiger partial charge in [-0.05, 0) is 71.3 Å². The van der Waals surface area contributed by atoms with Crippen LogP contribution in [0.4, 0.5) is 8.78 Å². The predicted octanol–water partition coefficient (Wildman–Crippen LogP) is 7.44. The molecule has 0 saturated heterocycles. The molecule has 36 heavy (non-hydrogen) atoms. The molecule has 4 aromatic rings. The molecule has 4 nitrogen and oxygen atoms in total. The summed E-state index contributed by atoms with van der Waals surface area (Å²) in [5, 5.41) is 0. The van der Waals surface area contributed by atoms with E-state index >= 15 is 0 Å². The van der Waals surface area contributed by atoms with E-state index < -0.39 is 6.61 Å². The van der Waals surface area contributed by atoms with Crippen molar-refractivity contribution in [3.8, 4) is 28.4 Å². The Balaban J connectivity index is 1.41. The van der Waals surface area contributed by atoms with E-state index in [-0.39, 0.29) is 18.1 Å². The second kappa shape index (κ2) is 11.8. The van der Waals surface area contributed by atoms with Gasteiger partial charge in [-0.3, -0.25) is 4.79 Å². The Morgan fingerprint density at radius 2 is 1.50 bits per heavy atom. The van der Waals surface area contributed by atoms with Crippen molar-refractivity contribution in [1.29, 1.82) is 0 Å². The van der Waals surface area contributed by atoms with Gasteiger partial charge >= 0.3 is 6.61 Å². The van der Waals surface area contributed by atoms with Crippen molar-refractivity contribution in [3.63, 3.8) is 0 Å². The first kappa shape index (κ1) is 24.7. The summed E-state index contributed by atoms with van der Waals surface area (Å²) in [4.78, 5) is 12.5. The number of methoxy groups -OCH3 is 1. The summed E-state index contributed by atoms with van der Waals surface area (Å²) >= 11 is 0. The fourth-order valence-electron chi connectivity index (χ4n) is 3.62. The summed E-state index contributed by atoms with van der Waals surface area (Å²) in [6.07, 6.45) is 3.11. The van der Waals surface area contributed by atoms with Crippen molar-refractivity contribution >= 4 is 11.9 Å². The van der Waals surface area contributed by atoms with Crippen molar-refractivity contribution in [1.82, 2.24) is 0 Å². The maximum Gasteiger partial charge on any atom is 0.387 e. The fourth-order valence-corrected chi connectivity index (χ4v) is 3.62. The van der Waals surface area contributed by atoms with Crippen LogP contribution < -0.4 is 14.2 Å². The van der Waals surface area contributed by atoms with E-state index in [0.717, 1.165) is 28.0 Å². The van der Waals surface area contributed by atoms with Gasteiger partial charge in [0.25, 0.3) is 0 Å². The molecule has 0 fully saturated rings. The average molecular weight is 487 g/mol. The fraction of sp³-hybridized carbons (Fsp3) is 0.100.